The third kappa shape index (κ3) is 2.12. The Morgan fingerprint density at radius 2 is 2.19 bits per heavy atom. The van der Waals surface area contributed by atoms with E-state index in [1.54, 1.807) is 18.2 Å². The second-order valence-electron chi connectivity index (χ2n) is 3.53. The van der Waals surface area contributed by atoms with E-state index in [2.05, 4.69) is 25.9 Å². The minimum Gasteiger partial charge on any atom is -0.332 e. The summed E-state index contributed by atoms with van der Waals surface area (Å²) >= 11 is 3.21. The third-order valence-electron chi connectivity index (χ3n) is 2.26. The lowest BCUT2D eigenvalue weighted by Crippen LogP contribution is -2.05. The molecule has 0 saturated heterocycles. The monoisotopic (exact) mass is 302 g/mol. The van der Waals surface area contributed by atoms with Crippen LogP contribution in [0, 0.1) is 0 Å². The van der Waals surface area contributed by atoms with Crippen molar-refractivity contribution in [3.8, 4) is 0 Å². The van der Waals surface area contributed by atoms with Crippen molar-refractivity contribution in [2.45, 2.75) is 18.2 Å². The lowest BCUT2D eigenvalue weighted by Gasteiger charge is -2.01. The lowest BCUT2D eigenvalue weighted by atomic mass is 10.3. The molecule has 0 aliphatic carbocycles. The summed E-state index contributed by atoms with van der Waals surface area (Å²) in [5.41, 5.74) is 1.48. The van der Waals surface area contributed by atoms with Gasteiger partial charge in [-0.05, 0) is 40.5 Å². The molecular weight excluding hydrogens is 292 g/mol. The fourth-order valence-electron chi connectivity index (χ4n) is 1.54. The van der Waals surface area contributed by atoms with Crippen LogP contribution >= 0.6 is 15.9 Å². The van der Waals surface area contributed by atoms with Crippen molar-refractivity contribution in [1.29, 1.82) is 0 Å². The van der Waals surface area contributed by atoms with Crippen LogP contribution < -0.4 is 0 Å². The lowest BCUT2D eigenvalue weighted by molar-refractivity contribution is 0.595. The van der Waals surface area contributed by atoms with Crippen LogP contribution in [0.4, 0.5) is 0 Å². The highest BCUT2D eigenvalue weighted by Gasteiger charge is 2.14. The van der Waals surface area contributed by atoms with Gasteiger partial charge in [0.25, 0.3) is 0 Å². The van der Waals surface area contributed by atoms with E-state index in [0.717, 1.165) is 11.0 Å². The Kier molecular flexibility index (Phi) is 3.03. The highest BCUT2D eigenvalue weighted by atomic mass is 79.9. The first-order valence-corrected chi connectivity index (χ1v) is 7.35. The number of H-pyrrole nitrogens is 1. The van der Waals surface area contributed by atoms with E-state index >= 15 is 0 Å². The molecule has 6 heteroatoms. The van der Waals surface area contributed by atoms with Crippen LogP contribution in [0.5, 0.6) is 0 Å². The first-order valence-electron chi connectivity index (χ1n) is 4.91. The highest BCUT2D eigenvalue weighted by Crippen LogP contribution is 2.20. The van der Waals surface area contributed by atoms with Gasteiger partial charge in [-0.2, -0.15) is 0 Å². The Morgan fingerprint density at radius 1 is 1.44 bits per heavy atom. The number of benzene rings is 1. The summed E-state index contributed by atoms with van der Waals surface area (Å²) < 4.78 is 24.3. The van der Waals surface area contributed by atoms with Crippen LogP contribution in [-0.2, 0) is 9.84 Å². The molecule has 0 unspecified atom stereocenters. The number of imidazole rings is 1. The van der Waals surface area contributed by atoms with Crippen LogP contribution in [0.25, 0.3) is 11.0 Å². The zero-order valence-corrected chi connectivity index (χ0v) is 11.1. The summed E-state index contributed by atoms with van der Waals surface area (Å²) in [6.07, 6.45) is 0.618. The van der Waals surface area contributed by atoms with Crippen molar-refractivity contribution in [3.05, 3.63) is 22.9 Å². The third-order valence-corrected chi connectivity index (χ3v) is 4.55. The van der Waals surface area contributed by atoms with Crippen molar-refractivity contribution >= 4 is 36.8 Å². The molecule has 0 fully saturated rings. The van der Waals surface area contributed by atoms with E-state index < -0.39 is 9.84 Å². The number of hydrogen-bond donors (Lipinski definition) is 1. The molecule has 0 aliphatic rings. The number of nitrogens with zero attached hydrogens (tertiary/aromatic N) is 1. The molecule has 1 N–H and O–H groups in total. The molecule has 1 aromatic heterocycles. The van der Waals surface area contributed by atoms with E-state index in [4.69, 9.17) is 0 Å². The Balaban J connectivity index is 2.54. The van der Waals surface area contributed by atoms with Crippen molar-refractivity contribution < 1.29 is 8.42 Å². The van der Waals surface area contributed by atoms with E-state index in [0.29, 0.717) is 16.0 Å². The van der Waals surface area contributed by atoms with E-state index in [1.165, 1.54) is 0 Å². The van der Waals surface area contributed by atoms with Crippen LogP contribution in [0.3, 0.4) is 0 Å². The van der Waals surface area contributed by atoms with Gasteiger partial charge in [-0.15, -0.1) is 0 Å². The molecule has 0 aliphatic heterocycles. The summed E-state index contributed by atoms with van der Waals surface area (Å²) in [4.78, 5) is 7.45. The van der Waals surface area contributed by atoms with Gasteiger partial charge in [0.2, 0.25) is 0 Å². The number of fused-ring (bicyclic) bond motifs is 1. The van der Waals surface area contributed by atoms with Crippen molar-refractivity contribution in [1.82, 2.24) is 9.97 Å². The van der Waals surface area contributed by atoms with Crippen molar-refractivity contribution in [2.24, 2.45) is 0 Å². The molecule has 0 amide bonds. The molecule has 0 radical (unpaired) electrons. The Morgan fingerprint density at radius 3 is 2.88 bits per heavy atom. The summed E-state index contributed by atoms with van der Waals surface area (Å²) in [6, 6.07) is 4.93. The first-order chi connectivity index (χ1) is 7.53. The second kappa shape index (κ2) is 4.18. The van der Waals surface area contributed by atoms with Gasteiger partial charge in [0, 0.05) is 0 Å². The Bertz CT molecular complexity index is 619. The summed E-state index contributed by atoms with van der Waals surface area (Å²) in [5, 5.41) is 0. The molecule has 16 heavy (non-hydrogen) atoms. The van der Waals surface area contributed by atoms with Gasteiger partial charge < -0.3 is 4.98 Å². The van der Waals surface area contributed by atoms with Crippen LogP contribution in [0.15, 0.2) is 27.8 Å². The number of aromatic nitrogens is 2. The number of rotatable bonds is 3. The molecule has 0 bridgehead atoms. The van der Waals surface area contributed by atoms with Gasteiger partial charge in [0.15, 0.2) is 14.6 Å². The normalized spacial score (nSPS) is 12.1. The van der Waals surface area contributed by atoms with Gasteiger partial charge in [-0.1, -0.05) is 6.92 Å². The predicted molar refractivity (Wildman–Crippen MR) is 66.1 cm³/mol. The SMILES string of the molecule is CCCS(=O)(=O)c1ccc2nc(Br)[nH]c2c1. The van der Waals surface area contributed by atoms with Gasteiger partial charge >= 0.3 is 0 Å². The zero-order chi connectivity index (χ0) is 11.8. The van der Waals surface area contributed by atoms with E-state index in [-0.39, 0.29) is 5.75 Å². The first kappa shape index (κ1) is 11.6. The Hall–Kier alpha value is -0.880. The van der Waals surface area contributed by atoms with Crippen LogP contribution in [0.1, 0.15) is 13.3 Å². The number of sulfone groups is 1. The molecule has 0 spiro atoms. The smallest absolute Gasteiger partial charge is 0.178 e. The van der Waals surface area contributed by atoms with Crippen molar-refractivity contribution in [2.75, 3.05) is 5.75 Å². The molecular formula is C10H11BrN2O2S. The summed E-state index contributed by atoms with van der Waals surface area (Å²) in [5.74, 6) is 0.174. The average Bonchev–Trinajstić information content (AvgIpc) is 2.56. The highest BCUT2D eigenvalue weighted by molar-refractivity contribution is 9.10. The fraction of sp³-hybridized carbons (Fsp3) is 0.300. The summed E-state index contributed by atoms with van der Waals surface area (Å²) in [7, 11) is -3.16. The maximum atomic E-state index is 11.8. The molecule has 0 saturated carbocycles. The minimum atomic E-state index is -3.16. The van der Waals surface area contributed by atoms with Crippen LogP contribution in [-0.4, -0.2) is 24.1 Å². The zero-order valence-electron chi connectivity index (χ0n) is 8.70. The number of aromatic amines is 1. The predicted octanol–water partition coefficient (Wildman–Crippen LogP) is 2.51. The molecule has 4 nitrogen and oxygen atoms in total. The number of nitrogens with one attached hydrogen (secondary N) is 1. The molecule has 0 atom stereocenters. The second-order valence-corrected chi connectivity index (χ2v) is 6.39. The molecule has 2 rings (SSSR count). The number of hydrogen-bond acceptors (Lipinski definition) is 3. The van der Waals surface area contributed by atoms with E-state index in [1.807, 2.05) is 6.92 Å². The van der Waals surface area contributed by atoms with Gasteiger partial charge in [-0.25, -0.2) is 13.4 Å². The molecule has 1 heterocycles. The standard InChI is InChI=1S/C10H11BrN2O2S/c1-2-5-16(14,15)7-3-4-8-9(6-7)13-10(11)12-8/h3-4,6H,2,5H2,1H3,(H,12,13). The number of halogens is 1. The van der Waals surface area contributed by atoms with Gasteiger partial charge in [-0.3, -0.25) is 0 Å². The fourth-order valence-corrected chi connectivity index (χ4v) is 3.29. The quantitative estimate of drug-likeness (QED) is 0.947. The largest absolute Gasteiger partial charge is 0.332 e. The van der Waals surface area contributed by atoms with Crippen molar-refractivity contribution in [3.63, 3.8) is 0 Å². The average molecular weight is 303 g/mol. The molecule has 86 valence electrons. The minimum absolute atomic E-state index is 0.174. The molecule has 1 aromatic carbocycles. The topological polar surface area (TPSA) is 62.8 Å². The van der Waals surface area contributed by atoms with E-state index in [9.17, 15) is 8.42 Å². The Labute approximate surface area is 102 Å². The van der Waals surface area contributed by atoms with Crippen LogP contribution in [0.2, 0.25) is 0 Å². The maximum absolute atomic E-state index is 11.8. The van der Waals surface area contributed by atoms with Gasteiger partial charge in [0.05, 0.1) is 21.7 Å². The molecule has 2 aromatic rings. The maximum Gasteiger partial charge on any atom is 0.178 e. The summed E-state index contributed by atoms with van der Waals surface area (Å²) in [6.45, 7) is 1.85. The van der Waals surface area contributed by atoms with Gasteiger partial charge in [0.1, 0.15) is 0 Å².